The Labute approximate surface area is 153 Å². The number of aromatic nitrogens is 4. The summed E-state index contributed by atoms with van der Waals surface area (Å²) in [5.41, 5.74) is 0.488. The van der Waals surface area contributed by atoms with Crippen LogP contribution in [0, 0.1) is 0 Å². The second-order valence-electron chi connectivity index (χ2n) is 2.82. The van der Waals surface area contributed by atoms with E-state index in [1.165, 1.54) is 28.9 Å². The van der Waals surface area contributed by atoms with Crippen molar-refractivity contribution in [3.05, 3.63) is 24.3 Å². The fourth-order valence-corrected chi connectivity index (χ4v) is 1.74. The molecule has 0 amide bonds. The van der Waals surface area contributed by atoms with Gasteiger partial charge in [0.15, 0.2) is 0 Å². The summed E-state index contributed by atoms with van der Waals surface area (Å²) in [6.07, 6.45) is 0. The van der Waals surface area contributed by atoms with Gasteiger partial charge in [0.2, 0.25) is 0 Å². The van der Waals surface area contributed by atoms with Crippen molar-refractivity contribution in [3.63, 3.8) is 0 Å². The first-order valence-electron chi connectivity index (χ1n) is 4.00. The number of benzene rings is 1. The van der Waals surface area contributed by atoms with Crippen LogP contribution in [0.25, 0.3) is 5.69 Å². The van der Waals surface area contributed by atoms with Crippen LogP contribution in [0.1, 0.15) is 0 Å². The molecule has 7 nitrogen and oxygen atoms in total. The van der Waals surface area contributed by atoms with Crippen molar-refractivity contribution >= 4 is 22.7 Å². The molecular weight excluding hydrogens is 298 g/mol. The summed E-state index contributed by atoms with van der Waals surface area (Å²) in [4.78, 5) is -0.310. The Morgan fingerprint density at radius 3 is 2.11 bits per heavy atom. The van der Waals surface area contributed by atoms with Gasteiger partial charge in [-0.3, -0.25) is 0 Å². The van der Waals surface area contributed by atoms with Crippen LogP contribution in [-0.2, 0) is 22.7 Å². The van der Waals surface area contributed by atoms with Crippen LogP contribution in [0.15, 0.2) is 34.3 Å². The molecule has 1 aromatic carbocycles. The molecule has 0 saturated carbocycles. The Morgan fingerprint density at radius 2 is 1.72 bits per heavy atom. The first kappa shape index (κ1) is 18.4. The van der Waals surface area contributed by atoms with Crippen LogP contribution < -0.4 is 59.1 Å². The minimum atomic E-state index is -4.44. The Hall–Kier alpha value is 0.420. The Balaban J connectivity index is 0.00000144. The third-order valence-electron chi connectivity index (χ3n) is 1.81. The molecule has 0 aliphatic heterocycles. The number of hydrogen-bond acceptors (Lipinski definition) is 7. The third kappa shape index (κ3) is 4.22. The van der Waals surface area contributed by atoms with Gasteiger partial charge < -0.3 is 17.2 Å². The summed E-state index contributed by atoms with van der Waals surface area (Å²) in [5.74, 6) is 0. The molecule has 0 aliphatic rings. The van der Waals surface area contributed by atoms with Crippen LogP contribution in [0.2, 0.25) is 0 Å². The van der Waals surface area contributed by atoms with Gasteiger partial charge in [-0.05, 0) is 34.7 Å². The van der Waals surface area contributed by atoms with E-state index in [-0.39, 0.29) is 69.2 Å². The van der Waals surface area contributed by atoms with Gasteiger partial charge in [-0.1, -0.05) is 0 Å². The first-order chi connectivity index (χ1) is 7.48. The molecule has 2 rings (SSSR count). The zero-order valence-electron chi connectivity index (χ0n) is 9.64. The van der Waals surface area contributed by atoms with E-state index in [0.717, 1.165) is 0 Å². The van der Waals surface area contributed by atoms with E-state index in [0.29, 0.717) is 5.69 Å². The zero-order valence-corrected chi connectivity index (χ0v) is 15.3. The Kier molecular flexibility index (Phi) is 7.44. The molecule has 1 aromatic heterocycles. The molecule has 84 valence electrons. The van der Waals surface area contributed by atoms with Crippen molar-refractivity contribution in [1.29, 1.82) is 0 Å². The smallest absolute Gasteiger partial charge is 0.744 e. The quantitative estimate of drug-likeness (QED) is 0.309. The van der Waals surface area contributed by atoms with E-state index in [1.54, 1.807) is 0 Å². The Morgan fingerprint density at radius 1 is 1.17 bits per heavy atom. The monoisotopic (exact) mass is 302 g/mol. The van der Waals surface area contributed by atoms with E-state index in [9.17, 15) is 13.0 Å². The Bertz CT molecular complexity index is 614. The third-order valence-corrected chi connectivity index (χ3v) is 2.91. The normalized spacial score (nSPS) is 10.3. The average Bonchev–Trinajstić information content (AvgIpc) is 2.63. The van der Waals surface area contributed by atoms with E-state index < -0.39 is 10.1 Å². The van der Waals surface area contributed by atoms with Crippen LogP contribution in [0.5, 0.6) is 0 Å². The molecule has 0 saturated heterocycles. The minimum absolute atomic E-state index is 0. The van der Waals surface area contributed by atoms with Gasteiger partial charge in [-0.15, -0.1) is 5.10 Å². The number of hydrogen-bond donors (Lipinski definition) is 0. The van der Waals surface area contributed by atoms with E-state index >= 15 is 0 Å². The SMILES string of the molecule is O=S(=O)([O-])c1ccc(-n2nnnc2[S-])cc1.[Na+].[Na+]. The molecule has 0 radical (unpaired) electrons. The van der Waals surface area contributed by atoms with Crippen molar-refractivity contribution in [2.24, 2.45) is 0 Å². The molecule has 1 heterocycles. The minimum Gasteiger partial charge on any atom is -0.744 e. The van der Waals surface area contributed by atoms with Crippen LogP contribution in [0.3, 0.4) is 0 Å². The summed E-state index contributed by atoms with van der Waals surface area (Å²) in [5, 5.41) is 10.6. The van der Waals surface area contributed by atoms with Gasteiger partial charge in [0.1, 0.15) is 10.1 Å². The fraction of sp³-hybridized carbons (Fsp3) is 0. The molecule has 0 N–H and O–H groups in total. The predicted octanol–water partition coefficient (Wildman–Crippen LogP) is -6.52. The van der Waals surface area contributed by atoms with Crippen LogP contribution in [-0.4, -0.2) is 33.2 Å². The summed E-state index contributed by atoms with van der Waals surface area (Å²) >= 11 is 4.82. The largest absolute Gasteiger partial charge is 1.00 e. The van der Waals surface area contributed by atoms with E-state index in [4.69, 9.17) is 12.6 Å². The number of nitrogens with zero attached hydrogens (tertiary/aromatic N) is 4. The van der Waals surface area contributed by atoms with Gasteiger partial charge in [-0.25, -0.2) is 13.1 Å². The van der Waals surface area contributed by atoms with Gasteiger partial charge in [-0.2, -0.15) is 0 Å². The van der Waals surface area contributed by atoms with Crippen molar-refractivity contribution in [1.82, 2.24) is 20.2 Å². The standard InChI is InChI=1S/C7H6N4O3S2.2Na/c12-16(13,14)6-3-1-5(2-4-6)11-7(15)8-9-10-11;;/h1-4H,(H,8,10,15)(H,12,13,14);;/q;2*+1/p-2. The van der Waals surface area contributed by atoms with Crippen LogP contribution >= 0.6 is 0 Å². The maximum Gasteiger partial charge on any atom is 1.00 e. The van der Waals surface area contributed by atoms with Crippen molar-refractivity contribution in [3.8, 4) is 5.69 Å². The van der Waals surface area contributed by atoms with Crippen molar-refractivity contribution in [2.75, 3.05) is 0 Å². The second-order valence-corrected chi connectivity index (χ2v) is 4.57. The second kappa shape index (κ2) is 7.27. The van der Waals surface area contributed by atoms with E-state index in [1.807, 2.05) is 0 Å². The molecule has 11 heteroatoms. The predicted molar refractivity (Wildman–Crippen MR) is 52.7 cm³/mol. The topological polar surface area (TPSA) is 101 Å². The number of rotatable bonds is 2. The molecule has 0 atom stereocenters. The maximum absolute atomic E-state index is 10.7. The van der Waals surface area contributed by atoms with Gasteiger partial charge in [0.25, 0.3) is 0 Å². The van der Waals surface area contributed by atoms with Crippen molar-refractivity contribution in [2.45, 2.75) is 10.1 Å². The molecule has 0 aliphatic carbocycles. The summed E-state index contributed by atoms with van der Waals surface area (Å²) in [6.45, 7) is 0. The van der Waals surface area contributed by atoms with E-state index in [2.05, 4.69) is 15.5 Å². The fourth-order valence-electron chi connectivity index (χ4n) is 1.09. The molecule has 18 heavy (non-hydrogen) atoms. The van der Waals surface area contributed by atoms with Gasteiger partial charge in [0, 0.05) is 5.16 Å². The molecule has 2 aromatic rings. The molecule has 0 fully saturated rings. The molecule has 0 unspecified atom stereocenters. The van der Waals surface area contributed by atoms with Gasteiger partial charge in [0.05, 0.1) is 10.6 Å². The van der Waals surface area contributed by atoms with Crippen LogP contribution in [0.4, 0.5) is 0 Å². The molecule has 0 bridgehead atoms. The average molecular weight is 302 g/mol. The summed E-state index contributed by atoms with van der Waals surface area (Å²) in [6, 6.07) is 5.15. The first-order valence-corrected chi connectivity index (χ1v) is 5.82. The summed E-state index contributed by atoms with van der Waals surface area (Å²) in [7, 11) is -4.44. The van der Waals surface area contributed by atoms with Crippen molar-refractivity contribution < 1.29 is 72.1 Å². The summed E-state index contributed by atoms with van der Waals surface area (Å²) < 4.78 is 33.3. The molecular formula is C7H4N4Na2O3S2. The molecule has 0 spiro atoms. The zero-order chi connectivity index (χ0) is 11.8. The number of tetrazole rings is 1. The van der Waals surface area contributed by atoms with Gasteiger partial charge >= 0.3 is 59.1 Å². The maximum atomic E-state index is 10.7.